The van der Waals surface area contributed by atoms with Gasteiger partial charge < -0.3 is 5.73 Å². The van der Waals surface area contributed by atoms with E-state index in [1.54, 1.807) is 11.3 Å². The standard InChI is InChI=1S/C14H16N2S/c15-13(14-6-3-7-17-14)10-16-8-11-4-1-2-5-12(11)9-16/h1-7,13H,8-10,15H2. The third kappa shape index (κ3) is 2.27. The molecule has 1 aliphatic rings. The molecule has 1 atom stereocenters. The van der Waals surface area contributed by atoms with Crippen molar-refractivity contribution in [2.75, 3.05) is 6.54 Å². The minimum absolute atomic E-state index is 0.143. The van der Waals surface area contributed by atoms with Gasteiger partial charge in [0.1, 0.15) is 0 Å². The highest BCUT2D eigenvalue weighted by Crippen LogP contribution is 2.25. The van der Waals surface area contributed by atoms with Crippen molar-refractivity contribution in [3.8, 4) is 0 Å². The number of hydrogen-bond donors (Lipinski definition) is 1. The molecule has 0 radical (unpaired) electrons. The van der Waals surface area contributed by atoms with Crippen LogP contribution in [0.2, 0.25) is 0 Å². The van der Waals surface area contributed by atoms with Gasteiger partial charge in [0.05, 0.1) is 6.04 Å². The number of nitrogens with zero attached hydrogens (tertiary/aromatic N) is 1. The Bertz CT molecular complexity index is 468. The van der Waals surface area contributed by atoms with Gasteiger partial charge in [-0.3, -0.25) is 4.90 Å². The quantitative estimate of drug-likeness (QED) is 0.899. The maximum Gasteiger partial charge on any atom is 0.0519 e. The minimum atomic E-state index is 0.143. The molecule has 1 aromatic carbocycles. The van der Waals surface area contributed by atoms with E-state index in [4.69, 9.17) is 5.73 Å². The zero-order chi connectivity index (χ0) is 11.7. The summed E-state index contributed by atoms with van der Waals surface area (Å²) in [6.07, 6.45) is 0. The lowest BCUT2D eigenvalue weighted by molar-refractivity contribution is 0.267. The van der Waals surface area contributed by atoms with Crippen molar-refractivity contribution in [3.63, 3.8) is 0 Å². The highest BCUT2D eigenvalue weighted by molar-refractivity contribution is 7.10. The second kappa shape index (κ2) is 4.61. The number of thiophene rings is 1. The molecule has 2 N–H and O–H groups in total. The van der Waals surface area contributed by atoms with Crippen LogP contribution in [-0.2, 0) is 13.1 Å². The number of hydrogen-bond acceptors (Lipinski definition) is 3. The Hall–Kier alpha value is -1.16. The Kier molecular flexibility index (Phi) is 2.97. The lowest BCUT2D eigenvalue weighted by Gasteiger charge is -2.19. The van der Waals surface area contributed by atoms with Crippen LogP contribution in [-0.4, -0.2) is 11.4 Å². The number of fused-ring (bicyclic) bond motifs is 1. The van der Waals surface area contributed by atoms with E-state index in [9.17, 15) is 0 Å². The van der Waals surface area contributed by atoms with Gasteiger partial charge in [-0.15, -0.1) is 11.3 Å². The monoisotopic (exact) mass is 244 g/mol. The Morgan fingerprint density at radius 2 is 1.82 bits per heavy atom. The highest BCUT2D eigenvalue weighted by Gasteiger charge is 2.20. The van der Waals surface area contributed by atoms with E-state index < -0.39 is 0 Å². The fraction of sp³-hybridized carbons (Fsp3) is 0.286. The first kappa shape index (κ1) is 11.0. The Balaban J connectivity index is 1.66. The Morgan fingerprint density at radius 1 is 1.12 bits per heavy atom. The van der Waals surface area contributed by atoms with Crippen molar-refractivity contribution in [2.24, 2.45) is 5.73 Å². The summed E-state index contributed by atoms with van der Waals surface area (Å²) in [4.78, 5) is 3.70. The summed E-state index contributed by atoms with van der Waals surface area (Å²) >= 11 is 1.75. The van der Waals surface area contributed by atoms with Gasteiger partial charge in [-0.2, -0.15) is 0 Å². The van der Waals surface area contributed by atoms with E-state index in [2.05, 4.69) is 46.7 Å². The summed E-state index contributed by atoms with van der Waals surface area (Å²) in [7, 11) is 0. The van der Waals surface area contributed by atoms with Crippen molar-refractivity contribution in [3.05, 3.63) is 57.8 Å². The molecule has 88 valence electrons. The molecule has 3 rings (SSSR count). The summed E-state index contributed by atoms with van der Waals surface area (Å²) in [5.74, 6) is 0. The van der Waals surface area contributed by atoms with E-state index in [1.165, 1.54) is 16.0 Å². The van der Waals surface area contributed by atoms with Crippen LogP contribution in [0.3, 0.4) is 0 Å². The second-order valence-corrected chi connectivity index (χ2v) is 5.54. The van der Waals surface area contributed by atoms with Crippen molar-refractivity contribution in [2.45, 2.75) is 19.1 Å². The van der Waals surface area contributed by atoms with Gasteiger partial charge in [0.15, 0.2) is 0 Å². The van der Waals surface area contributed by atoms with Crippen molar-refractivity contribution in [1.29, 1.82) is 0 Å². The van der Waals surface area contributed by atoms with E-state index >= 15 is 0 Å². The van der Waals surface area contributed by atoms with Gasteiger partial charge in [-0.1, -0.05) is 30.3 Å². The molecule has 0 spiro atoms. The van der Waals surface area contributed by atoms with Gasteiger partial charge in [0.25, 0.3) is 0 Å². The van der Waals surface area contributed by atoms with E-state index in [1.807, 2.05) is 0 Å². The van der Waals surface area contributed by atoms with Crippen molar-refractivity contribution < 1.29 is 0 Å². The van der Waals surface area contributed by atoms with E-state index in [0.29, 0.717) is 0 Å². The van der Waals surface area contributed by atoms with E-state index in [0.717, 1.165) is 19.6 Å². The first-order chi connectivity index (χ1) is 8.33. The third-order valence-electron chi connectivity index (χ3n) is 3.27. The zero-order valence-corrected chi connectivity index (χ0v) is 10.5. The second-order valence-electron chi connectivity index (χ2n) is 4.56. The Labute approximate surface area is 106 Å². The normalized spacial score (nSPS) is 17.0. The van der Waals surface area contributed by atoms with Crippen molar-refractivity contribution in [1.82, 2.24) is 4.90 Å². The summed E-state index contributed by atoms with van der Waals surface area (Å²) in [6.45, 7) is 3.01. The number of nitrogens with two attached hydrogens (primary N) is 1. The van der Waals surface area contributed by atoms with E-state index in [-0.39, 0.29) is 6.04 Å². The molecular formula is C14H16N2S. The lowest BCUT2D eigenvalue weighted by atomic mass is 10.1. The molecule has 1 aromatic heterocycles. The SMILES string of the molecule is NC(CN1Cc2ccccc2C1)c1cccs1. The van der Waals surface area contributed by atoms with Gasteiger partial charge >= 0.3 is 0 Å². The topological polar surface area (TPSA) is 29.3 Å². The largest absolute Gasteiger partial charge is 0.322 e. The number of benzene rings is 1. The van der Waals surface area contributed by atoms with Gasteiger partial charge in [0.2, 0.25) is 0 Å². The molecule has 1 aliphatic heterocycles. The zero-order valence-electron chi connectivity index (χ0n) is 9.67. The van der Waals surface area contributed by atoms with Crippen LogP contribution in [0.25, 0.3) is 0 Å². The molecule has 2 nitrogen and oxygen atoms in total. The number of rotatable bonds is 3. The molecule has 0 aliphatic carbocycles. The molecule has 0 saturated heterocycles. The first-order valence-corrected chi connectivity index (χ1v) is 6.79. The predicted octanol–water partition coefficient (Wildman–Crippen LogP) is 2.76. The van der Waals surface area contributed by atoms with Crippen molar-refractivity contribution >= 4 is 11.3 Å². The van der Waals surface area contributed by atoms with Crippen LogP contribution in [0.4, 0.5) is 0 Å². The average molecular weight is 244 g/mol. The van der Waals surface area contributed by atoms with Crippen LogP contribution in [0.5, 0.6) is 0 Å². The lowest BCUT2D eigenvalue weighted by Crippen LogP contribution is -2.27. The molecule has 0 fully saturated rings. The third-order valence-corrected chi connectivity index (χ3v) is 4.27. The van der Waals surface area contributed by atoms with Gasteiger partial charge in [0, 0.05) is 24.5 Å². The molecule has 2 heterocycles. The smallest absolute Gasteiger partial charge is 0.0519 e. The summed E-state index contributed by atoms with van der Waals surface area (Å²) in [5, 5.41) is 2.09. The van der Waals surface area contributed by atoms with Crippen LogP contribution in [0.1, 0.15) is 22.0 Å². The molecule has 2 aromatic rings. The predicted molar refractivity (Wildman–Crippen MR) is 71.8 cm³/mol. The molecular weight excluding hydrogens is 228 g/mol. The van der Waals surface area contributed by atoms with Gasteiger partial charge in [-0.05, 0) is 22.6 Å². The molecule has 0 amide bonds. The minimum Gasteiger partial charge on any atom is -0.322 e. The maximum atomic E-state index is 6.22. The molecule has 0 saturated carbocycles. The van der Waals surface area contributed by atoms with Crippen LogP contribution >= 0.6 is 11.3 Å². The average Bonchev–Trinajstić information content (AvgIpc) is 2.97. The fourth-order valence-electron chi connectivity index (χ4n) is 2.40. The summed E-state index contributed by atoms with van der Waals surface area (Å²) in [5.41, 5.74) is 9.12. The van der Waals surface area contributed by atoms with Crippen LogP contribution in [0.15, 0.2) is 41.8 Å². The van der Waals surface area contributed by atoms with Crippen LogP contribution < -0.4 is 5.73 Å². The molecule has 17 heavy (non-hydrogen) atoms. The molecule has 3 heteroatoms. The Morgan fingerprint density at radius 3 is 2.41 bits per heavy atom. The summed E-state index contributed by atoms with van der Waals surface area (Å²) < 4.78 is 0. The maximum absolute atomic E-state index is 6.22. The summed E-state index contributed by atoms with van der Waals surface area (Å²) in [6, 6.07) is 13.0. The highest BCUT2D eigenvalue weighted by atomic mass is 32.1. The van der Waals surface area contributed by atoms with Crippen LogP contribution in [0, 0.1) is 0 Å². The molecule has 1 unspecified atom stereocenters. The van der Waals surface area contributed by atoms with Gasteiger partial charge in [-0.25, -0.2) is 0 Å². The molecule has 0 bridgehead atoms. The fourth-order valence-corrected chi connectivity index (χ4v) is 3.12. The first-order valence-electron chi connectivity index (χ1n) is 5.91.